The molecule has 8 heteroatoms. The Morgan fingerprint density at radius 3 is 2.62 bits per heavy atom. The van der Waals surface area contributed by atoms with Gasteiger partial charge in [0, 0.05) is 5.75 Å². The fraction of sp³-hybridized carbons (Fsp3) is 0.625. The monoisotopic (exact) mass is 247 g/mol. The summed E-state index contributed by atoms with van der Waals surface area (Å²) in [5.41, 5.74) is 0.581. The van der Waals surface area contributed by atoms with E-state index in [1.54, 1.807) is 13.8 Å². The van der Waals surface area contributed by atoms with Crippen LogP contribution in [-0.2, 0) is 16.4 Å². The van der Waals surface area contributed by atoms with E-state index in [-0.39, 0.29) is 23.9 Å². The summed E-state index contributed by atoms with van der Waals surface area (Å²) in [7, 11) is -3.08. The van der Waals surface area contributed by atoms with E-state index in [1.165, 1.54) is 10.7 Å². The maximum Gasteiger partial charge on any atom is 0.390 e. The van der Waals surface area contributed by atoms with Crippen molar-refractivity contribution >= 4 is 15.7 Å². The predicted octanol–water partition coefficient (Wildman–Crippen LogP) is 0.534. The Hall–Kier alpha value is -1.44. The highest BCUT2D eigenvalue weighted by Gasteiger charge is 2.17. The van der Waals surface area contributed by atoms with Gasteiger partial charge in [-0.15, -0.1) is 0 Å². The summed E-state index contributed by atoms with van der Waals surface area (Å²) in [5, 5.41) is 14.1. The predicted molar refractivity (Wildman–Crippen MR) is 57.9 cm³/mol. The lowest BCUT2D eigenvalue weighted by Gasteiger charge is -2.00. The van der Waals surface area contributed by atoms with Gasteiger partial charge in [-0.2, -0.15) is 4.68 Å². The molecule has 0 atom stereocenters. The minimum absolute atomic E-state index is 0.0524. The van der Waals surface area contributed by atoms with Crippen molar-refractivity contribution in [3.8, 4) is 0 Å². The fourth-order valence-electron chi connectivity index (χ4n) is 1.18. The van der Waals surface area contributed by atoms with E-state index in [0.29, 0.717) is 5.69 Å². The summed E-state index contributed by atoms with van der Waals surface area (Å²) in [5.74, 6) is -0.245. The first-order valence-corrected chi connectivity index (χ1v) is 6.57. The van der Waals surface area contributed by atoms with Crippen LogP contribution in [0.4, 0.5) is 5.82 Å². The van der Waals surface area contributed by atoms with E-state index in [2.05, 4.69) is 5.10 Å². The van der Waals surface area contributed by atoms with Crippen LogP contribution in [0.3, 0.4) is 0 Å². The summed E-state index contributed by atoms with van der Waals surface area (Å²) in [4.78, 5) is 9.84. The zero-order chi connectivity index (χ0) is 12.3. The van der Waals surface area contributed by atoms with Crippen molar-refractivity contribution in [3.63, 3.8) is 0 Å². The molecule has 0 saturated carbocycles. The Morgan fingerprint density at radius 1 is 1.56 bits per heavy atom. The Balaban J connectivity index is 2.79. The van der Waals surface area contributed by atoms with Crippen LogP contribution in [0.1, 0.15) is 12.6 Å². The summed E-state index contributed by atoms with van der Waals surface area (Å²) in [6.45, 7) is 3.36. The second-order valence-corrected chi connectivity index (χ2v) is 5.83. The normalized spacial score (nSPS) is 11.6. The van der Waals surface area contributed by atoms with Gasteiger partial charge >= 0.3 is 5.82 Å². The van der Waals surface area contributed by atoms with Gasteiger partial charge in [-0.3, -0.25) is 0 Å². The number of hydrogen-bond donors (Lipinski definition) is 0. The molecule has 0 amide bonds. The average Bonchev–Trinajstić information content (AvgIpc) is 2.57. The molecule has 0 radical (unpaired) electrons. The molecule has 0 aliphatic carbocycles. The quantitative estimate of drug-likeness (QED) is 0.558. The van der Waals surface area contributed by atoms with Crippen molar-refractivity contribution in [3.05, 3.63) is 21.9 Å². The third kappa shape index (κ3) is 3.02. The van der Waals surface area contributed by atoms with Crippen LogP contribution in [0.2, 0.25) is 0 Å². The minimum Gasteiger partial charge on any atom is -0.358 e. The number of rotatable bonds is 5. The highest BCUT2D eigenvalue weighted by atomic mass is 32.2. The third-order valence-electron chi connectivity index (χ3n) is 2.21. The van der Waals surface area contributed by atoms with Crippen LogP contribution in [-0.4, -0.2) is 34.6 Å². The first kappa shape index (κ1) is 12.6. The Morgan fingerprint density at radius 2 is 2.19 bits per heavy atom. The lowest BCUT2D eigenvalue weighted by molar-refractivity contribution is -0.389. The van der Waals surface area contributed by atoms with E-state index in [4.69, 9.17) is 0 Å². The molecule has 1 aromatic rings. The van der Waals surface area contributed by atoms with Gasteiger partial charge in [0.05, 0.1) is 29.2 Å². The molecule has 0 fully saturated rings. The van der Waals surface area contributed by atoms with Crippen molar-refractivity contribution in [2.24, 2.45) is 0 Å². The standard InChI is InChI=1S/C8H13N3O4S/c1-3-16(14,15)5-4-10-7(2)6-8(9-10)11(12)13/h6H,3-5H2,1-2H3. The van der Waals surface area contributed by atoms with E-state index in [0.717, 1.165) is 0 Å². The molecule has 0 bridgehead atoms. The first-order valence-electron chi connectivity index (χ1n) is 4.75. The second-order valence-electron chi connectivity index (χ2n) is 3.36. The van der Waals surface area contributed by atoms with Crippen LogP contribution in [0.15, 0.2) is 6.07 Å². The van der Waals surface area contributed by atoms with Gasteiger partial charge in [-0.05, 0) is 11.8 Å². The Bertz CT molecular complexity index is 491. The topological polar surface area (TPSA) is 95.1 Å². The van der Waals surface area contributed by atoms with Crippen LogP contribution < -0.4 is 0 Å². The summed E-state index contributed by atoms with van der Waals surface area (Å²) in [6.07, 6.45) is 0. The van der Waals surface area contributed by atoms with Gasteiger partial charge in [0.2, 0.25) is 0 Å². The molecule has 16 heavy (non-hydrogen) atoms. The SMILES string of the molecule is CCS(=O)(=O)CCn1nc([N+](=O)[O-])cc1C. The maximum absolute atomic E-state index is 11.2. The molecule has 0 N–H and O–H groups in total. The van der Waals surface area contributed by atoms with Crippen molar-refractivity contribution < 1.29 is 13.3 Å². The van der Waals surface area contributed by atoms with Gasteiger partial charge < -0.3 is 10.1 Å². The zero-order valence-electron chi connectivity index (χ0n) is 9.08. The lowest BCUT2D eigenvalue weighted by atomic mass is 10.4. The molecule has 7 nitrogen and oxygen atoms in total. The summed E-state index contributed by atoms with van der Waals surface area (Å²) < 4.78 is 23.8. The molecule has 1 aromatic heterocycles. The van der Waals surface area contributed by atoms with Crippen molar-refractivity contribution in [1.82, 2.24) is 9.78 Å². The molecule has 90 valence electrons. The van der Waals surface area contributed by atoms with Crippen molar-refractivity contribution in [1.29, 1.82) is 0 Å². The van der Waals surface area contributed by atoms with Gasteiger partial charge in [0.25, 0.3) is 0 Å². The van der Waals surface area contributed by atoms with Crippen LogP contribution in [0.5, 0.6) is 0 Å². The van der Waals surface area contributed by atoms with E-state index in [1.807, 2.05) is 0 Å². The molecular formula is C8H13N3O4S. The summed E-state index contributed by atoms with van der Waals surface area (Å²) in [6, 6.07) is 1.32. The van der Waals surface area contributed by atoms with Gasteiger partial charge in [-0.1, -0.05) is 6.92 Å². The molecule has 1 heterocycles. The third-order valence-corrected chi connectivity index (χ3v) is 3.89. The number of sulfone groups is 1. The van der Waals surface area contributed by atoms with Gasteiger partial charge in [-0.25, -0.2) is 8.42 Å². The molecular weight excluding hydrogens is 234 g/mol. The van der Waals surface area contributed by atoms with E-state index in [9.17, 15) is 18.5 Å². The maximum atomic E-state index is 11.2. The second kappa shape index (κ2) is 4.60. The molecule has 0 aliphatic rings. The van der Waals surface area contributed by atoms with E-state index >= 15 is 0 Å². The highest BCUT2D eigenvalue weighted by Crippen LogP contribution is 2.10. The number of aryl methyl sites for hydroxylation is 2. The fourth-order valence-corrected chi connectivity index (χ4v) is 1.92. The number of hydrogen-bond acceptors (Lipinski definition) is 5. The minimum atomic E-state index is -3.08. The molecule has 0 aliphatic heterocycles. The summed E-state index contributed by atoms with van der Waals surface area (Å²) >= 11 is 0. The van der Waals surface area contributed by atoms with E-state index < -0.39 is 14.8 Å². The number of aromatic nitrogens is 2. The zero-order valence-corrected chi connectivity index (χ0v) is 9.90. The smallest absolute Gasteiger partial charge is 0.358 e. The Labute approximate surface area is 93.1 Å². The number of nitrogens with zero attached hydrogens (tertiary/aromatic N) is 3. The number of nitro groups is 1. The molecule has 0 saturated heterocycles. The lowest BCUT2D eigenvalue weighted by Crippen LogP contribution is -2.16. The van der Waals surface area contributed by atoms with Crippen LogP contribution in [0.25, 0.3) is 0 Å². The van der Waals surface area contributed by atoms with Crippen molar-refractivity contribution in [2.45, 2.75) is 20.4 Å². The molecule has 0 spiro atoms. The first-order chi connectivity index (χ1) is 7.35. The highest BCUT2D eigenvalue weighted by molar-refractivity contribution is 7.91. The average molecular weight is 247 g/mol. The van der Waals surface area contributed by atoms with Crippen LogP contribution in [0, 0.1) is 17.0 Å². The van der Waals surface area contributed by atoms with Crippen molar-refractivity contribution in [2.75, 3.05) is 11.5 Å². The molecule has 0 unspecified atom stereocenters. The largest absolute Gasteiger partial charge is 0.390 e. The van der Waals surface area contributed by atoms with Crippen LogP contribution >= 0.6 is 0 Å². The van der Waals surface area contributed by atoms with Gasteiger partial charge in [0.1, 0.15) is 0 Å². The molecule has 0 aromatic carbocycles. The van der Waals surface area contributed by atoms with Gasteiger partial charge in [0.15, 0.2) is 9.84 Å². The Kier molecular flexibility index (Phi) is 3.63. The molecule has 1 rings (SSSR count).